The van der Waals surface area contributed by atoms with Gasteiger partial charge in [-0.1, -0.05) is 38.1 Å². The van der Waals surface area contributed by atoms with Crippen molar-refractivity contribution in [2.75, 3.05) is 7.11 Å². The molecule has 0 spiro atoms. The van der Waals surface area contributed by atoms with Crippen LogP contribution in [0.4, 0.5) is 0 Å². The molecule has 4 nitrogen and oxygen atoms in total. The fourth-order valence-electron chi connectivity index (χ4n) is 1.67. The highest BCUT2D eigenvalue weighted by atomic mass is 16.5. The molecule has 2 unspecified atom stereocenters. The van der Waals surface area contributed by atoms with E-state index < -0.39 is 18.2 Å². The molecule has 0 fully saturated rings. The van der Waals surface area contributed by atoms with E-state index >= 15 is 0 Å². The summed E-state index contributed by atoms with van der Waals surface area (Å²) in [7, 11) is 1.25. The van der Waals surface area contributed by atoms with Crippen molar-refractivity contribution in [3.63, 3.8) is 0 Å². The molecule has 1 rings (SSSR count). The highest BCUT2D eigenvalue weighted by Crippen LogP contribution is 2.22. The van der Waals surface area contributed by atoms with Gasteiger partial charge in [0.05, 0.1) is 19.6 Å². The Morgan fingerprint density at radius 1 is 1.17 bits per heavy atom. The van der Waals surface area contributed by atoms with E-state index in [4.69, 9.17) is 0 Å². The van der Waals surface area contributed by atoms with Gasteiger partial charge in [0.25, 0.3) is 0 Å². The molecule has 0 aromatic heterocycles. The van der Waals surface area contributed by atoms with Crippen molar-refractivity contribution in [2.24, 2.45) is 0 Å². The molecule has 1 aromatic carbocycles. The largest absolute Gasteiger partial charge is 0.469 e. The number of ether oxygens (including phenoxy) is 1. The summed E-state index contributed by atoms with van der Waals surface area (Å²) in [5, 5.41) is 19.6. The Morgan fingerprint density at radius 3 is 2.11 bits per heavy atom. The van der Waals surface area contributed by atoms with Crippen LogP contribution in [0.2, 0.25) is 0 Å². The summed E-state index contributed by atoms with van der Waals surface area (Å²) in [5.74, 6) is -0.128. The maximum atomic E-state index is 11.0. The van der Waals surface area contributed by atoms with Gasteiger partial charge in [-0.2, -0.15) is 0 Å². The Balaban J connectivity index is 2.71. The van der Waals surface area contributed by atoms with Gasteiger partial charge < -0.3 is 14.9 Å². The molecule has 0 heterocycles. The van der Waals surface area contributed by atoms with E-state index in [9.17, 15) is 15.0 Å². The smallest absolute Gasteiger partial charge is 0.308 e. The van der Waals surface area contributed by atoms with Gasteiger partial charge in [-0.15, -0.1) is 0 Å². The van der Waals surface area contributed by atoms with Crippen LogP contribution in [0.5, 0.6) is 0 Å². The lowest BCUT2D eigenvalue weighted by Crippen LogP contribution is -2.22. The van der Waals surface area contributed by atoms with Gasteiger partial charge in [-0.05, 0) is 17.0 Å². The molecule has 18 heavy (non-hydrogen) atoms. The summed E-state index contributed by atoms with van der Waals surface area (Å²) in [4.78, 5) is 11.0. The summed E-state index contributed by atoms with van der Waals surface area (Å²) in [6.45, 7) is 4.16. The Hall–Kier alpha value is -1.39. The Labute approximate surface area is 107 Å². The predicted octanol–water partition coefficient (Wildman–Crippen LogP) is 1.77. The SMILES string of the molecule is COC(=O)CC(O)C(O)c1ccc(C(C)C)cc1. The third-order valence-electron chi connectivity index (χ3n) is 2.91. The van der Waals surface area contributed by atoms with E-state index in [2.05, 4.69) is 18.6 Å². The van der Waals surface area contributed by atoms with Crippen molar-refractivity contribution in [3.05, 3.63) is 35.4 Å². The number of hydrogen-bond donors (Lipinski definition) is 2. The highest BCUT2D eigenvalue weighted by Gasteiger charge is 2.21. The van der Waals surface area contributed by atoms with Crippen molar-refractivity contribution in [2.45, 2.75) is 38.4 Å². The molecule has 0 amide bonds. The van der Waals surface area contributed by atoms with Gasteiger partial charge in [0.1, 0.15) is 6.10 Å². The number of esters is 1. The third-order valence-corrected chi connectivity index (χ3v) is 2.91. The molecular weight excluding hydrogens is 232 g/mol. The maximum absolute atomic E-state index is 11.0. The van der Waals surface area contributed by atoms with Gasteiger partial charge in [0.2, 0.25) is 0 Å². The first-order valence-electron chi connectivity index (χ1n) is 5.98. The minimum Gasteiger partial charge on any atom is -0.469 e. The number of aliphatic hydroxyl groups is 2. The number of carbonyl (C=O) groups excluding carboxylic acids is 1. The molecule has 0 saturated heterocycles. The van der Waals surface area contributed by atoms with Crippen LogP contribution >= 0.6 is 0 Å². The summed E-state index contributed by atoms with van der Waals surface area (Å²) in [5.41, 5.74) is 1.75. The van der Waals surface area contributed by atoms with Crippen molar-refractivity contribution in [3.8, 4) is 0 Å². The molecule has 0 aliphatic rings. The Morgan fingerprint density at radius 2 is 1.67 bits per heavy atom. The van der Waals surface area contributed by atoms with Crippen LogP contribution in [-0.2, 0) is 9.53 Å². The van der Waals surface area contributed by atoms with Gasteiger partial charge in [0, 0.05) is 0 Å². The number of hydrogen-bond acceptors (Lipinski definition) is 4. The highest BCUT2D eigenvalue weighted by molar-refractivity contribution is 5.69. The fourth-order valence-corrected chi connectivity index (χ4v) is 1.67. The zero-order valence-corrected chi connectivity index (χ0v) is 11.0. The summed E-state index contributed by atoms with van der Waals surface area (Å²) >= 11 is 0. The minimum absolute atomic E-state index is 0.219. The van der Waals surface area contributed by atoms with Gasteiger partial charge in [-0.3, -0.25) is 4.79 Å². The van der Waals surface area contributed by atoms with Gasteiger partial charge in [0.15, 0.2) is 0 Å². The normalized spacial score (nSPS) is 14.3. The van der Waals surface area contributed by atoms with E-state index in [1.165, 1.54) is 7.11 Å². The first-order valence-corrected chi connectivity index (χ1v) is 5.98. The van der Waals surface area contributed by atoms with E-state index in [1.807, 2.05) is 12.1 Å². The summed E-state index contributed by atoms with van der Waals surface area (Å²) < 4.78 is 4.45. The molecule has 2 atom stereocenters. The third kappa shape index (κ3) is 3.82. The van der Waals surface area contributed by atoms with Crippen LogP contribution in [0.3, 0.4) is 0 Å². The predicted molar refractivity (Wildman–Crippen MR) is 68.1 cm³/mol. The quantitative estimate of drug-likeness (QED) is 0.784. The number of aliphatic hydroxyl groups excluding tert-OH is 2. The van der Waals surface area contributed by atoms with Gasteiger partial charge >= 0.3 is 5.97 Å². The maximum Gasteiger partial charge on any atom is 0.308 e. The van der Waals surface area contributed by atoms with Crippen LogP contribution in [0, 0.1) is 0 Å². The molecule has 2 N–H and O–H groups in total. The van der Waals surface area contributed by atoms with E-state index in [0.717, 1.165) is 5.56 Å². The molecule has 4 heteroatoms. The Bertz CT molecular complexity index is 383. The van der Waals surface area contributed by atoms with Crippen LogP contribution in [0.15, 0.2) is 24.3 Å². The molecular formula is C14H20O4. The summed E-state index contributed by atoms with van der Waals surface area (Å²) in [6, 6.07) is 7.35. The van der Waals surface area contributed by atoms with Crippen molar-refractivity contribution >= 4 is 5.97 Å². The Kier molecular flexibility index (Phi) is 5.31. The fraction of sp³-hybridized carbons (Fsp3) is 0.500. The monoisotopic (exact) mass is 252 g/mol. The second-order valence-corrected chi connectivity index (χ2v) is 4.61. The summed E-state index contributed by atoms with van der Waals surface area (Å²) in [6.07, 6.45) is -2.45. The van der Waals surface area contributed by atoms with Crippen LogP contribution < -0.4 is 0 Å². The van der Waals surface area contributed by atoms with Crippen LogP contribution in [0.25, 0.3) is 0 Å². The molecule has 1 aromatic rings. The first kappa shape index (κ1) is 14.7. The first-order chi connectivity index (χ1) is 8.45. The standard InChI is InChI=1S/C14H20O4/c1-9(2)10-4-6-11(7-5-10)14(17)12(15)8-13(16)18-3/h4-7,9,12,14-15,17H,8H2,1-3H3. The lowest BCUT2D eigenvalue weighted by Gasteiger charge is -2.17. The minimum atomic E-state index is -1.15. The molecule has 0 aliphatic heterocycles. The molecule has 0 saturated carbocycles. The number of methoxy groups -OCH3 is 1. The topological polar surface area (TPSA) is 66.8 Å². The lowest BCUT2D eigenvalue weighted by molar-refractivity contribution is -0.144. The zero-order valence-electron chi connectivity index (χ0n) is 11.0. The van der Waals surface area contributed by atoms with E-state index in [0.29, 0.717) is 11.5 Å². The van der Waals surface area contributed by atoms with Crippen LogP contribution in [0.1, 0.15) is 43.4 Å². The lowest BCUT2D eigenvalue weighted by atomic mass is 9.97. The van der Waals surface area contributed by atoms with Crippen LogP contribution in [-0.4, -0.2) is 29.4 Å². The van der Waals surface area contributed by atoms with E-state index in [-0.39, 0.29) is 6.42 Å². The van der Waals surface area contributed by atoms with Crippen molar-refractivity contribution in [1.82, 2.24) is 0 Å². The van der Waals surface area contributed by atoms with Crippen molar-refractivity contribution in [1.29, 1.82) is 0 Å². The number of rotatable bonds is 5. The average molecular weight is 252 g/mol. The second kappa shape index (κ2) is 6.52. The number of carbonyl (C=O) groups is 1. The molecule has 0 radical (unpaired) electrons. The average Bonchev–Trinajstić information content (AvgIpc) is 2.37. The van der Waals surface area contributed by atoms with Gasteiger partial charge in [-0.25, -0.2) is 0 Å². The molecule has 100 valence electrons. The van der Waals surface area contributed by atoms with Crippen molar-refractivity contribution < 1.29 is 19.7 Å². The second-order valence-electron chi connectivity index (χ2n) is 4.61. The molecule has 0 aliphatic carbocycles. The zero-order chi connectivity index (χ0) is 13.7. The molecule has 0 bridgehead atoms. The van der Waals surface area contributed by atoms with E-state index in [1.54, 1.807) is 12.1 Å². The number of benzene rings is 1.